The molecule has 138 valence electrons. The normalized spacial score (nSPS) is 15.7. The SMILES string of the molecule is COc1ccc(C(=O)C2CCN(Cc3cccc4cccnc34)CC2)cc1. The smallest absolute Gasteiger partial charge is 0.166 e. The van der Waals surface area contributed by atoms with Gasteiger partial charge in [-0.2, -0.15) is 0 Å². The molecule has 1 fully saturated rings. The second-order valence-corrected chi connectivity index (χ2v) is 7.14. The van der Waals surface area contributed by atoms with Gasteiger partial charge in [-0.05, 0) is 61.8 Å². The van der Waals surface area contributed by atoms with Crippen molar-refractivity contribution in [2.24, 2.45) is 5.92 Å². The first kappa shape index (κ1) is 17.7. The summed E-state index contributed by atoms with van der Waals surface area (Å²) < 4.78 is 5.17. The average Bonchev–Trinajstić information content (AvgIpc) is 2.74. The van der Waals surface area contributed by atoms with Gasteiger partial charge in [-0.3, -0.25) is 14.7 Å². The topological polar surface area (TPSA) is 42.4 Å². The second-order valence-electron chi connectivity index (χ2n) is 7.14. The van der Waals surface area contributed by atoms with Gasteiger partial charge in [0.2, 0.25) is 0 Å². The fourth-order valence-corrected chi connectivity index (χ4v) is 3.88. The van der Waals surface area contributed by atoms with Crippen LogP contribution in [0.15, 0.2) is 60.8 Å². The minimum absolute atomic E-state index is 0.111. The van der Waals surface area contributed by atoms with Crippen LogP contribution in [0.1, 0.15) is 28.8 Å². The molecule has 0 unspecified atom stereocenters. The van der Waals surface area contributed by atoms with Gasteiger partial charge in [-0.25, -0.2) is 0 Å². The van der Waals surface area contributed by atoms with E-state index in [0.717, 1.165) is 49.3 Å². The van der Waals surface area contributed by atoms with Gasteiger partial charge < -0.3 is 4.74 Å². The third kappa shape index (κ3) is 3.86. The summed E-state index contributed by atoms with van der Waals surface area (Å²) in [7, 11) is 1.64. The summed E-state index contributed by atoms with van der Waals surface area (Å²) in [5.41, 5.74) is 3.12. The number of fused-ring (bicyclic) bond motifs is 1. The zero-order valence-electron chi connectivity index (χ0n) is 15.6. The predicted octanol–water partition coefficient (Wildman–Crippen LogP) is 4.34. The Kier molecular flexibility index (Phi) is 5.16. The first-order valence-corrected chi connectivity index (χ1v) is 9.48. The Morgan fingerprint density at radius 2 is 1.81 bits per heavy atom. The van der Waals surface area contributed by atoms with Crippen LogP contribution in [0.25, 0.3) is 10.9 Å². The van der Waals surface area contributed by atoms with Crippen LogP contribution >= 0.6 is 0 Å². The van der Waals surface area contributed by atoms with Crippen molar-refractivity contribution in [1.82, 2.24) is 9.88 Å². The number of nitrogens with zero attached hydrogens (tertiary/aromatic N) is 2. The number of likely N-dealkylation sites (tertiary alicyclic amines) is 1. The molecule has 0 amide bonds. The number of methoxy groups -OCH3 is 1. The number of carbonyl (C=O) groups is 1. The van der Waals surface area contributed by atoms with Gasteiger partial charge in [0.15, 0.2) is 5.78 Å². The number of rotatable bonds is 5. The van der Waals surface area contributed by atoms with E-state index >= 15 is 0 Å². The molecule has 1 aliphatic heterocycles. The van der Waals surface area contributed by atoms with Crippen molar-refractivity contribution < 1.29 is 9.53 Å². The van der Waals surface area contributed by atoms with Crippen LogP contribution < -0.4 is 4.74 Å². The number of aromatic nitrogens is 1. The van der Waals surface area contributed by atoms with Gasteiger partial charge in [0.05, 0.1) is 12.6 Å². The van der Waals surface area contributed by atoms with Crippen molar-refractivity contribution in [3.05, 3.63) is 71.9 Å². The van der Waals surface area contributed by atoms with Crippen molar-refractivity contribution in [3.8, 4) is 5.75 Å². The lowest BCUT2D eigenvalue weighted by molar-refractivity contribution is 0.0835. The number of ketones is 1. The van der Waals surface area contributed by atoms with Crippen molar-refractivity contribution in [2.45, 2.75) is 19.4 Å². The maximum atomic E-state index is 12.8. The van der Waals surface area contributed by atoms with E-state index in [1.54, 1.807) is 7.11 Å². The molecule has 0 saturated carbocycles. The third-order valence-electron chi connectivity index (χ3n) is 5.44. The Hall–Kier alpha value is -2.72. The molecule has 1 saturated heterocycles. The fraction of sp³-hybridized carbons (Fsp3) is 0.304. The lowest BCUT2D eigenvalue weighted by Crippen LogP contribution is -2.36. The van der Waals surface area contributed by atoms with Gasteiger partial charge in [0.1, 0.15) is 5.75 Å². The number of para-hydroxylation sites is 1. The molecule has 4 rings (SSSR count). The van der Waals surface area contributed by atoms with Crippen molar-refractivity contribution in [3.63, 3.8) is 0 Å². The quantitative estimate of drug-likeness (QED) is 0.635. The van der Waals surface area contributed by atoms with Crippen molar-refractivity contribution in [2.75, 3.05) is 20.2 Å². The van der Waals surface area contributed by atoms with Crippen molar-refractivity contribution in [1.29, 1.82) is 0 Å². The Morgan fingerprint density at radius 1 is 1.07 bits per heavy atom. The molecule has 1 aliphatic rings. The molecule has 0 radical (unpaired) electrons. The Bertz CT molecular complexity index is 923. The van der Waals surface area contributed by atoms with Crippen LogP contribution in [0.5, 0.6) is 5.75 Å². The van der Waals surface area contributed by atoms with E-state index in [9.17, 15) is 4.79 Å². The molecule has 1 aromatic heterocycles. The molecule has 0 aliphatic carbocycles. The van der Waals surface area contributed by atoms with E-state index < -0.39 is 0 Å². The lowest BCUT2D eigenvalue weighted by Gasteiger charge is -2.31. The average molecular weight is 360 g/mol. The number of Topliss-reactive ketones (excluding diaryl/α,β-unsaturated/α-hetero) is 1. The van der Waals surface area contributed by atoms with E-state index in [0.29, 0.717) is 0 Å². The highest BCUT2D eigenvalue weighted by molar-refractivity contribution is 5.98. The molecular formula is C23H24N2O2. The molecule has 3 aromatic rings. The fourth-order valence-electron chi connectivity index (χ4n) is 3.88. The number of pyridine rings is 1. The summed E-state index contributed by atoms with van der Waals surface area (Å²) in [6.07, 6.45) is 3.66. The van der Waals surface area contributed by atoms with Crippen LogP contribution in [0, 0.1) is 5.92 Å². The number of hydrogen-bond acceptors (Lipinski definition) is 4. The standard InChI is InChI=1S/C23H24N2O2/c1-27-21-9-7-18(8-10-21)23(26)19-11-14-25(15-12-19)16-20-5-2-4-17-6-3-13-24-22(17)20/h2-10,13,19H,11-12,14-16H2,1H3. The molecule has 0 spiro atoms. The highest BCUT2D eigenvalue weighted by atomic mass is 16.5. The highest BCUT2D eigenvalue weighted by Gasteiger charge is 2.26. The molecule has 0 atom stereocenters. The molecule has 27 heavy (non-hydrogen) atoms. The summed E-state index contributed by atoms with van der Waals surface area (Å²) in [6.45, 7) is 2.77. The summed E-state index contributed by atoms with van der Waals surface area (Å²) in [6, 6.07) is 17.9. The Labute approximate surface area is 159 Å². The van der Waals surface area contributed by atoms with Gasteiger partial charge in [0.25, 0.3) is 0 Å². The molecule has 2 heterocycles. The van der Waals surface area contributed by atoms with Gasteiger partial charge in [-0.1, -0.05) is 24.3 Å². The molecule has 4 nitrogen and oxygen atoms in total. The van der Waals surface area contributed by atoms with E-state index in [1.165, 1.54) is 10.9 Å². The maximum absolute atomic E-state index is 12.8. The lowest BCUT2D eigenvalue weighted by atomic mass is 9.88. The monoisotopic (exact) mass is 360 g/mol. The molecular weight excluding hydrogens is 336 g/mol. The van der Waals surface area contributed by atoms with Crippen LogP contribution in [0.4, 0.5) is 0 Å². The van der Waals surface area contributed by atoms with Crippen LogP contribution in [-0.2, 0) is 6.54 Å². The zero-order valence-corrected chi connectivity index (χ0v) is 15.6. The number of piperidine rings is 1. The largest absolute Gasteiger partial charge is 0.497 e. The minimum Gasteiger partial charge on any atom is -0.497 e. The van der Waals surface area contributed by atoms with Crippen LogP contribution in [0.3, 0.4) is 0 Å². The Balaban J connectivity index is 1.39. The van der Waals surface area contributed by atoms with Crippen LogP contribution in [0.2, 0.25) is 0 Å². The first-order valence-electron chi connectivity index (χ1n) is 9.48. The summed E-state index contributed by atoms with van der Waals surface area (Å²) >= 11 is 0. The second kappa shape index (κ2) is 7.89. The van der Waals surface area contributed by atoms with Gasteiger partial charge in [0, 0.05) is 29.6 Å². The van der Waals surface area contributed by atoms with Crippen LogP contribution in [-0.4, -0.2) is 35.9 Å². The van der Waals surface area contributed by atoms with E-state index in [2.05, 4.69) is 34.1 Å². The molecule has 0 N–H and O–H groups in total. The number of benzene rings is 2. The van der Waals surface area contributed by atoms with Gasteiger partial charge >= 0.3 is 0 Å². The third-order valence-corrected chi connectivity index (χ3v) is 5.44. The highest BCUT2D eigenvalue weighted by Crippen LogP contribution is 2.25. The summed E-state index contributed by atoms with van der Waals surface area (Å²) in [4.78, 5) is 19.8. The zero-order chi connectivity index (χ0) is 18.6. The number of ether oxygens (including phenoxy) is 1. The Morgan fingerprint density at radius 3 is 2.56 bits per heavy atom. The van der Waals surface area contributed by atoms with E-state index in [4.69, 9.17) is 4.74 Å². The van der Waals surface area contributed by atoms with Gasteiger partial charge in [-0.15, -0.1) is 0 Å². The number of hydrogen-bond donors (Lipinski definition) is 0. The maximum Gasteiger partial charge on any atom is 0.166 e. The van der Waals surface area contributed by atoms with E-state index in [1.807, 2.05) is 36.5 Å². The summed E-state index contributed by atoms with van der Waals surface area (Å²) in [5.74, 6) is 1.15. The summed E-state index contributed by atoms with van der Waals surface area (Å²) in [5, 5.41) is 1.18. The minimum atomic E-state index is 0.111. The predicted molar refractivity (Wildman–Crippen MR) is 107 cm³/mol. The van der Waals surface area contributed by atoms with Crippen molar-refractivity contribution >= 4 is 16.7 Å². The molecule has 4 heteroatoms. The molecule has 2 aromatic carbocycles. The first-order chi connectivity index (χ1) is 13.2. The van der Waals surface area contributed by atoms with E-state index in [-0.39, 0.29) is 11.7 Å². The molecule has 0 bridgehead atoms. The number of carbonyl (C=O) groups excluding carboxylic acids is 1.